The van der Waals surface area contributed by atoms with E-state index in [-0.39, 0.29) is 17.7 Å². The molecule has 1 unspecified atom stereocenters. The Morgan fingerprint density at radius 1 is 0.759 bits per heavy atom. The van der Waals surface area contributed by atoms with Crippen LogP contribution in [0.15, 0.2) is 84.9 Å². The molecule has 29 heavy (non-hydrogen) atoms. The summed E-state index contributed by atoms with van der Waals surface area (Å²) in [5.74, 6) is -0.184. The molecule has 0 saturated heterocycles. The van der Waals surface area contributed by atoms with E-state index in [0.29, 0.717) is 23.2 Å². The Balaban J connectivity index is 1.60. The van der Waals surface area contributed by atoms with Crippen LogP contribution in [0.2, 0.25) is 0 Å². The van der Waals surface area contributed by atoms with Crippen LogP contribution in [0, 0.1) is 0 Å². The van der Waals surface area contributed by atoms with Crippen molar-refractivity contribution in [3.8, 4) is 0 Å². The molecule has 0 radical (unpaired) electrons. The molecule has 0 heterocycles. The minimum Gasteiger partial charge on any atom is -0.350 e. The molecule has 148 valence electrons. The average molecular weight is 386 g/mol. The summed E-state index contributed by atoms with van der Waals surface area (Å²) in [5, 5.41) is 3.02. The van der Waals surface area contributed by atoms with Crippen LogP contribution in [-0.2, 0) is 6.42 Å². The molecule has 3 aromatic carbocycles. The number of hydrogen-bond acceptors (Lipinski definition) is 3. The van der Waals surface area contributed by atoms with E-state index < -0.39 is 0 Å². The number of amides is 1. The molecule has 0 bridgehead atoms. The second-order valence-electron chi connectivity index (χ2n) is 7.29. The molecule has 1 amide bonds. The van der Waals surface area contributed by atoms with Crippen molar-refractivity contribution in [2.45, 2.75) is 12.5 Å². The van der Waals surface area contributed by atoms with Crippen molar-refractivity contribution in [3.63, 3.8) is 0 Å². The summed E-state index contributed by atoms with van der Waals surface area (Å²) < 4.78 is 0. The van der Waals surface area contributed by atoms with Gasteiger partial charge in [0.25, 0.3) is 5.91 Å². The maximum atomic E-state index is 12.6. The van der Waals surface area contributed by atoms with Gasteiger partial charge in [0.2, 0.25) is 0 Å². The molecule has 4 nitrogen and oxygen atoms in total. The number of rotatable bonds is 8. The van der Waals surface area contributed by atoms with Crippen LogP contribution in [0.25, 0.3) is 0 Å². The van der Waals surface area contributed by atoms with Gasteiger partial charge in [-0.1, -0.05) is 72.8 Å². The number of ketones is 1. The van der Waals surface area contributed by atoms with Gasteiger partial charge in [0, 0.05) is 29.3 Å². The van der Waals surface area contributed by atoms with Crippen LogP contribution < -0.4 is 5.32 Å². The number of nitrogens with one attached hydrogen (secondary N) is 1. The van der Waals surface area contributed by atoms with Crippen molar-refractivity contribution in [1.82, 2.24) is 10.2 Å². The highest BCUT2D eigenvalue weighted by molar-refractivity contribution is 6.09. The third kappa shape index (κ3) is 5.62. The predicted molar refractivity (Wildman–Crippen MR) is 116 cm³/mol. The van der Waals surface area contributed by atoms with Crippen LogP contribution in [0.4, 0.5) is 0 Å². The van der Waals surface area contributed by atoms with Crippen molar-refractivity contribution >= 4 is 11.7 Å². The lowest BCUT2D eigenvalue weighted by Crippen LogP contribution is -2.41. The lowest BCUT2D eigenvalue weighted by atomic mass is 10.0. The van der Waals surface area contributed by atoms with Crippen LogP contribution >= 0.6 is 0 Å². The van der Waals surface area contributed by atoms with Gasteiger partial charge in [-0.2, -0.15) is 0 Å². The summed E-state index contributed by atoms with van der Waals surface area (Å²) in [6, 6.07) is 26.4. The Kier molecular flexibility index (Phi) is 6.93. The van der Waals surface area contributed by atoms with Gasteiger partial charge in [-0.15, -0.1) is 0 Å². The van der Waals surface area contributed by atoms with E-state index in [9.17, 15) is 9.59 Å². The number of carbonyl (C=O) groups is 2. The second-order valence-corrected chi connectivity index (χ2v) is 7.29. The van der Waals surface area contributed by atoms with Crippen molar-refractivity contribution in [1.29, 1.82) is 0 Å². The van der Waals surface area contributed by atoms with Gasteiger partial charge in [0.05, 0.1) is 0 Å². The van der Waals surface area contributed by atoms with E-state index in [1.54, 1.807) is 36.4 Å². The molecule has 0 fully saturated rings. The molecule has 0 spiro atoms. The van der Waals surface area contributed by atoms with E-state index in [1.165, 1.54) is 5.56 Å². The summed E-state index contributed by atoms with van der Waals surface area (Å²) in [6.45, 7) is 0.547. The van der Waals surface area contributed by atoms with Gasteiger partial charge >= 0.3 is 0 Å². The molecule has 4 heteroatoms. The largest absolute Gasteiger partial charge is 0.350 e. The molecule has 3 rings (SSSR count). The van der Waals surface area contributed by atoms with Crippen molar-refractivity contribution in [3.05, 3.63) is 107 Å². The molecule has 0 aliphatic carbocycles. The van der Waals surface area contributed by atoms with E-state index in [0.717, 1.165) is 6.42 Å². The Labute approximate surface area is 172 Å². The summed E-state index contributed by atoms with van der Waals surface area (Å²) in [6.07, 6.45) is 0.860. The molecule has 0 aromatic heterocycles. The molecule has 0 saturated carbocycles. The molecule has 1 N–H and O–H groups in total. The topological polar surface area (TPSA) is 49.4 Å². The molecule has 0 aliphatic heterocycles. The number of hydrogen-bond donors (Lipinski definition) is 1. The standard InChI is InChI=1S/C25H26N2O2/c1-27(2)23(17-19-9-5-3-6-10-19)18-26-25(29)22-15-13-21(14-16-22)24(28)20-11-7-4-8-12-20/h3-16,23H,17-18H2,1-2H3,(H,26,29). The monoisotopic (exact) mass is 386 g/mol. The SMILES string of the molecule is CN(C)C(CNC(=O)c1ccc(C(=O)c2ccccc2)cc1)Cc1ccccc1. The first-order valence-corrected chi connectivity index (χ1v) is 9.73. The Hall–Kier alpha value is -3.24. The fourth-order valence-corrected chi connectivity index (χ4v) is 3.17. The Morgan fingerprint density at radius 3 is 1.86 bits per heavy atom. The maximum absolute atomic E-state index is 12.6. The zero-order valence-corrected chi connectivity index (χ0v) is 16.8. The van der Waals surface area contributed by atoms with Crippen molar-refractivity contribution in [2.24, 2.45) is 0 Å². The molecular weight excluding hydrogens is 360 g/mol. The van der Waals surface area contributed by atoms with Gasteiger partial charge in [-0.3, -0.25) is 9.59 Å². The normalized spacial score (nSPS) is 11.8. The zero-order valence-electron chi connectivity index (χ0n) is 16.8. The van der Waals surface area contributed by atoms with Gasteiger partial charge in [0.15, 0.2) is 5.78 Å². The van der Waals surface area contributed by atoms with Crippen molar-refractivity contribution < 1.29 is 9.59 Å². The third-order valence-corrected chi connectivity index (χ3v) is 4.99. The van der Waals surface area contributed by atoms with Gasteiger partial charge in [0.1, 0.15) is 0 Å². The second kappa shape index (κ2) is 9.80. The maximum Gasteiger partial charge on any atom is 0.251 e. The van der Waals surface area contributed by atoms with Crippen LogP contribution in [0.3, 0.4) is 0 Å². The minimum atomic E-state index is -0.136. The summed E-state index contributed by atoms with van der Waals surface area (Å²) in [7, 11) is 4.04. The predicted octanol–water partition coefficient (Wildman–Crippen LogP) is 3.82. The lowest BCUT2D eigenvalue weighted by molar-refractivity contribution is 0.0940. The Bertz CT molecular complexity index is 936. The van der Waals surface area contributed by atoms with E-state index in [4.69, 9.17) is 0 Å². The number of nitrogens with zero attached hydrogens (tertiary/aromatic N) is 1. The summed E-state index contributed by atoms with van der Waals surface area (Å²) >= 11 is 0. The van der Waals surface area contributed by atoms with Gasteiger partial charge < -0.3 is 10.2 Å². The zero-order chi connectivity index (χ0) is 20.6. The number of carbonyl (C=O) groups excluding carboxylic acids is 2. The first-order valence-electron chi connectivity index (χ1n) is 9.73. The van der Waals surface area contributed by atoms with Crippen LogP contribution in [0.5, 0.6) is 0 Å². The molecule has 1 atom stereocenters. The quantitative estimate of drug-likeness (QED) is 0.599. The average Bonchev–Trinajstić information content (AvgIpc) is 2.77. The number of benzene rings is 3. The van der Waals surface area contributed by atoms with Gasteiger partial charge in [-0.05, 0) is 38.2 Å². The molecule has 3 aromatic rings. The van der Waals surface area contributed by atoms with E-state index in [2.05, 4.69) is 22.3 Å². The Morgan fingerprint density at radius 2 is 1.28 bits per heavy atom. The molecular formula is C25H26N2O2. The third-order valence-electron chi connectivity index (χ3n) is 4.99. The molecule has 0 aliphatic rings. The first kappa shape index (κ1) is 20.5. The summed E-state index contributed by atoms with van der Waals surface area (Å²) in [5.41, 5.74) is 3.00. The highest BCUT2D eigenvalue weighted by atomic mass is 16.1. The van der Waals surface area contributed by atoms with Crippen molar-refractivity contribution in [2.75, 3.05) is 20.6 Å². The summed E-state index contributed by atoms with van der Waals surface area (Å²) in [4.78, 5) is 27.2. The minimum absolute atomic E-state index is 0.0481. The van der Waals surface area contributed by atoms with Gasteiger partial charge in [-0.25, -0.2) is 0 Å². The van der Waals surface area contributed by atoms with Crippen LogP contribution in [-0.4, -0.2) is 43.3 Å². The number of likely N-dealkylation sites (N-methyl/N-ethyl adjacent to an activating group) is 1. The smallest absolute Gasteiger partial charge is 0.251 e. The highest BCUT2D eigenvalue weighted by Crippen LogP contribution is 2.12. The fourth-order valence-electron chi connectivity index (χ4n) is 3.17. The van der Waals surface area contributed by atoms with E-state index >= 15 is 0 Å². The lowest BCUT2D eigenvalue weighted by Gasteiger charge is -2.24. The van der Waals surface area contributed by atoms with Crippen LogP contribution in [0.1, 0.15) is 31.8 Å². The highest BCUT2D eigenvalue weighted by Gasteiger charge is 2.15. The first-order chi connectivity index (χ1) is 14.0. The van der Waals surface area contributed by atoms with E-state index in [1.807, 2.05) is 50.5 Å². The fraction of sp³-hybridized carbons (Fsp3) is 0.200.